The summed E-state index contributed by atoms with van der Waals surface area (Å²) in [5, 5.41) is 3.50. The van der Waals surface area contributed by atoms with Gasteiger partial charge in [-0.05, 0) is 62.4 Å². The average Bonchev–Trinajstić information content (AvgIpc) is 2.86. The van der Waals surface area contributed by atoms with E-state index in [0.29, 0.717) is 11.8 Å². The van der Waals surface area contributed by atoms with Crippen molar-refractivity contribution in [2.75, 3.05) is 31.6 Å². The molecule has 1 heterocycles. The van der Waals surface area contributed by atoms with Gasteiger partial charge in [0, 0.05) is 49.6 Å². The molecule has 2 amide bonds. The maximum Gasteiger partial charge on any atom is 0.260 e. The number of nitrogens with one attached hydrogen (secondary N) is 1. The van der Waals surface area contributed by atoms with Crippen LogP contribution in [-0.4, -0.2) is 54.7 Å². The lowest BCUT2D eigenvalue weighted by atomic mass is 9.83. The van der Waals surface area contributed by atoms with Crippen LogP contribution >= 0.6 is 11.8 Å². The van der Waals surface area contributed by atoms with Crippen molar-refractivity contribution in [1.29, 1.82) is 0 Å². The van der Waals surface area contributed by atoms with Crippen molar-refractivity contribution in [3.8, 4) is 0 Å². The summed E-state index contributed by atoms with van der Waals surface area (Å²) in [7, 11) is 1.89. The van der Waals surface area contributed by atoms with Crippen LogP contribution in [0.2, 0.25) is 0 Å². The molecule has 2 aromatic carbocycles. The van der Waals surface area contributed by atoms with Crippen LogP contribution in [0.25, 0.3) is 6.08 Å². The first-order valence-corrected chi connectivity index (χ1v) is 13.1. The zero-order chi connectivity index (χ0) is 24.1. The summed E-state index contributed by atoms with van der Waals surface area (Å²) in [4.78, 5) is 31.0. The van der Waals surface area contributed by atoms with Crippen LogP contribution in [0.4, 0.5) is 5.69 Å². The second-order valence-corrected chi connectivity index (χ2v) is 10.5. The molecule has 6 heteroatoms. The highest BCUT2D eigenvalue weighted by molar-refractivity contribution is 8.04. The predicted molar refractivity (Wildman–Crippen MR) is 142 cm³/mol. The fourth-order valence-electron chi connectivity index (χ4n) is 4.99. The Hall–Kier alpha value is -2.73. The van der Waals surface area contributed by atoms with Gasteiger partial charge in [0.15, 0.2) is 0 Å². The molecule has 5 nitrogen and oxygen atoms in total. The van der Waals surface area contributed by atoms with E-state index in [2.05, 4.69) is 48.3 Å². The fraction of sp³-hybridized carbons (Fsp3) is 0.429. The van der Waals surface area contributed by atoms with E-state index in [0.717, 1.165) is 42.8 Å². The van der Waals surface area contributed by atoms with Gasteiger partial charge in [-0.15, -0.1) is 11.8 Å². The van der Waals surface area contributed by atoms with Crippen LogP contribution in [0.1, 0.15) is 37.3 Å². The first-order chi connectivity index (χ1) is 16.5. The van der Waals surface area contributed by atoms with Crippen molar-refractivity contribution in [2.45, 2.75) is 44.4 Å². The van der Waals surface area contributed by atoms with Crippen LogP contribution in [0.3, 0.4) is 0 Å². The first kappa shape index (κ1) is 24.4. The second kappa shape index (κ2) is 11.1. The van der Waals surface area contributed by atoms with E-state index < -0.39 is 0 Å². The molecule has 0 aromatic heterocycles. The van der Waals surface area contributed by atoms with Gasteiger partial charge in [-0.25, -0.2) is 0 Å². The van der Waals surface area contributed by atoms with Gasteiger partial charge in [-0.3, -0.25) is 9.59 Å². The Morgan fingerprint density at radius 3 is 2.62 bits per heavy atom. The van der Waals surface area contributed by atoms with Crippen molar-refractivity contribution >= 4 is 35.3 Å². The number of amides is 2. The Morgan fingerprint density at radius 1 is 1.15 bits per heavy atom. The van der Waals surface area contributed by atoms with Crippen molar-refractivity contribution < 1.29 is 9.59 Å². The van der Waals surface area contributed by atoms with Gasteiger partial charge in [-0.2, -0.15) is 0 Å². The highest BCUT2D eigenvalue weighted by Crippen LogP contribution is 2.43. The third-order valence-electron chi connectivity index (χ3n) is 7.09. The van der Waals surface area contributed by atoms with Crippen LogP contribution in [0.5, 0.6) is 0 Å². The molecule has 3 unspecified atom stereocenters. The topological polar surface area (TPSA) is 52.7 Å². The number of hydrogen-bond donors (Lipinski definition) is 1. The van der Waals surface area contributed by atoms with Crippen molar-refractivity contribution in [3.63, 3.8) is 0 Å². The maximum atomic E-state index is 13.1. The Kier molecular flexibility index (Phi) is 7.99. The maximum absolute atomic E-state index is 13.1. The molecule has 4 rings (SSSR count). The Labute approximate surface area is 207 Å². The lowest BCUT2D eigenvalue weighted by Crippen LogP contribution is -2.52. The molecule has 3 atom stereocenters. The number of likely N-dealkylation sites (N-methyl/N-ethyl adjacent to an activating group) is 2. The first-order valence-electron chi connectivity index (χ1n) is 12.3. The molecule has 2 fully saturated rings. The van der Waals surface area contributed by atoms with Crippen molar-refractivity contribution in [2.24, 2.45) is 5.92 Å². The molecule has 180 valence electrons. The second-order valence-electron chi connectivity index (χ2n) is 9.22. The lowest BCUT2D eigenvalue weighted by molar-refractivity contribution is -0.131. The third kappa shape index (κ3) is 5.49. The molecule has 0 spiro atoms. The van der Waals surface area contributed by atoms with Crippen LogP contribution in [0, 0.1) is 12.8 Å². The SMILES string of the molecule is CCN(CCNC(=O)C1CCC2S/C(=C\c3ccccc3C)C(=O)N(C)C2C1)c1ccccc1. The zero-order valence-corrected chi connectivity index (χ0v) is 21.2. The number of nitrogens with zero attached hydrogens (tertiary/aromatic N) is 2. The molecule has 1 N–H and O–H groups in total. The van der Waals surface area contributed by atoms with E-state index in [1.165, 1.54) is 11.3 Å². The normalized spacial score (nSPS) is 23.5. The van der Waals surface area contributed by atoms with Crippen LogP contribution in [-0.2, 0) is 9.59 Å². The molecule has 0 radical (unpaired) electrons. The number of carbonyl (C=O) groups excluding carboxylic acids is 2. The molecule has 2 aliphatic rings. The monoisotopic (exact) mass is 477 g/mol. The number of rotatable bonds is 7. The zero-order valence-electron chi connectivity index (χ0n) is 20.4. The summed E-state index contributed by atoms with van der Waals surface area (Å²) in [6.07, 6.45) is 4.58. The van der Waals surface area contributed by atoms with Gasteiger partial charge in [0.25, 0.3) is 5.91 Å². The molecular formula is C28H35N3O2S. The third-order valence-corrected chi connectivity index (χ3v) is 8.49. The molecular weight excluding hydrogens is 442 g/mol. The van der Waals surface area contributed by atoms with E-state index in [1.54, 1.807) is 11.8 Å². The standard InChI is InChI=1S/C28H35N3O2S/c1-4-31(23-12-6-5-7-13-23)17-16-29-27(32)22-14-15-25-24(18-22)30(3)28(33)26(34-25)19-21-11-9-8-10-20(21)2/h5-13,19,22,24-25H,4,14-18H2,1-3H3,(H,29,32)/b26-19-. The number of benzene rings is 2. The number of carbonyl (C=O) groups is 2. The van der Waals surface area contributed by atoms with Crippen molar-refractivity contribution in [3.05, 3.63) is 70.6 Å². The van der Waals surface area contributed by atoms with E-state index in [-0.39, 0.29) is 23.8 Å². The molecule has 2 aromatic rings. The summed E-state index contributed by atoms with van der Waals surface area (Å²) >= 11 is 1.70. The average molecular weight is 478 g/mol. The minimum absolute atomic E-state index is 0.0363. The largest absolute Gasteiger partial charge is 0.370 e. The highest BCUT2D eigenvalue weighted by Gasteiger charge is 2.42. The highest BCUT2D eigenvalue weighted by atomic mass is 32.2. The van der Waals surface area contributed by atoms with Crippen molar-refractivity contribution in [1.82, 2.24) is 10.2 Å². The summed E-state index contributed by atoms with van der Waals surface area (Å²) in [6.45, 7) is 6.51. The van der Waals surface area contributed by atoms with E-state index >= 15 is 0 Å². The molecule has 1 aliphatic heterocycles. The van der Waals surface area contributed by atoms with Gasteiger partial charge in [0.05, 0.1) is 4.91 Å². The lowest BCUT2D eigenvalue weighted by Gasteiger charge is -2.44. The predicted octanol–water partition coefficient (Wildman–Crippen LogP) is 4.72. The Bertz CT molecular complexity index is 1040. The Balaban J connectivity index is 1.33. The fourth-order valence-corrected chi connectivity index (χ4v) is 6.46. The van der Waals surface area contributed by atoms with E-state index in [4.69, 9.17) is 0 Å². The molecule has 1 aliphatic carbocycles. The minimum Gasteiger partial charge on any atom is -0.370 e. The summed E-state index contributed by atoms with van der Waals surface area (Å²) < 4.78 is 0. The number of fused-ring (bicyclic) bond motifs is 1. The smallest absolute Gasteiger partial charge is 0.260 e. The van der Waals surface area contributed by atoms with Gasteiger partial charge in [-0.1, -0.05) is 42.5 Å². The van der Waals surface area contributed by atoms with E-state index in [9.17, 15) is 9.59 Å². The number of aryl methyl sites for hydroxylation is 1. The van der Waals surface area contributed by atoms with Crippen LogP contribution in [0.15, 0.2) is 59.5 Å². The molecule has 1 saturated heterocycles. The molecule has 1 saturated carbocycles. The van der Waals surface area contributed by atoms with E-state index in [1.807, 2.05) is 48.4 Å². The van der Waals surface area contributed by atoms with Gasteiger partial charge < -0.3 is 15.1 Å². The number of hydrogen-bond acceptors (Lipinski definition) is 4. The number of para-hydroxylation sites is 1. The van der Waals surface area contributed by atoms with Gasteiger partial charge in [0.2, 0.25) is 5.91 Å². The Morgan fingerprint density at radius 2 is 1.88 bits per heavy atom. The summed E-state index contributed by atoms with van der Waals surface area (Å²) in [5.41, 5.74) is 3.44. The number of anilines is 1. The minimum atomic E-state index is -0.0363. The summed E-state index contributed by atoms with van der Waals surface area (Å²) in [6, 6.07) is 18.5. The molecule has 34 heavy (non-hydrogen) atoms. The van der Waals surface area contributed by atoms with Gasteiger partial charge in [0.1, 0.15) is 0 Å². The molecule has 0 bridgehead atoms. The quantitative estimate of drug-likeness (QED) is 0.586. The summed E-state index contributed by atoms with van der Waals surface area (Å²) in [5.74, 6) is 0.150. The number of thioether (sulfide) groups is 1. The van der Waals surface area contributed by atoms with Gasteiger partial charge >= 0.3 is 0 Å². The van der Waals surface area contributed by atoms with Crippen LogP contribution < -0.4 is 10.2 Å².